The number of nitrogens with one attached hydrogen (secondary N) is 1. The number of carbonyl (C=O) groups is 1. The highest BCUT2D eigenvalue weighted by Crippen LogP contribution is 2.18. The van der Waals surface area contributed by atoms with E-state index in [4.69, 9.17) is 0 Å². The van der Waals surface area contributed by atoms with Gasteiger partial charge in [-0.25, -0.2) is 4.79 Å². The molecular formula is C12H18N4O2. The molecule has 2 heterocycles. The first-order valence-electron chi connectivity index (χ1n) is 6.07. The fourth-order valence-corrected chi connectivity index (χ4v) is 2.14. The van der Waals surface area contributed by atoms with Crippen molar-refractivity contribution in [1.29, 1.82) is 0 Å². The predicted octanol–water partition coefficient (Wildman–Crippen LogP) is 0.451. The molecule has 0 spiro atoms. The smallest absolute Gasteiger partial charge is 0.339 e. The van der Waals surface area contributed by atoms with Gasteiger partial charge in [0.05, 0.1) is 18.9 Å². The van der Waals surface area contributed by atoms with Crippen LogP contribution in [0.4, 0.5) is 5.82 Å². The summed E-state index contributed by atoms with van der Waals surface area (Å²) in [6, 6.07) is 2.16. The second kappa shape index (κ2) is 5.77. The molecule has 1 fully saturated rings. The van der Waals surface area contributed by atoms with Crippen molar-refractivity contribution >= 4 is 11.8 Å². The monoisotopic (exact) mass is 250 g/mol. The van der Waals surface area contributed by atoms with Crippen molar-refractivity contribution < 1.29 is 9.53 Å². The van der Waals surface area contributed by atoms with E-state index in [-0.39, 0.29) is 5.97 Å². The molecule has 1 aromatic rings. The summed E-state index contributed by atoms with van der Waals surface area (Å²) in [6.07, 6.45) is 3.56. The van der Waals surface area contributed by atoms with Crippen molar-refractivity contribution in [3.05, 3.63) is 17.8 Å². The Morgan fingerprint density at radius 1 is 1.50 bits per heavy atom. The standard InChI is InChI=1S/C12H18N4O2/c1-16(10-3-5-13-6-4-10)11-7-9(8-14-15-11)12(17)18-2/h7-8,10,13H,3-6H2,1-2H3. The molecule has 0 aliphatic carbocycles. The molecule has 2 rings (SSSR count). The van der Waals surface area contributed by atoms with Gasteiger partial charge in [0.25, 0.3) is 0 Å². The molecule has 0 aromatic carbocycles. The third-order valence-electron chi connectivity index (χ3n) is 3.28. The third-order valence-corrected chi connectivity index (χ3v) is 3.28. The normalized spacial score (nSPS) is 16.3. The summed E-state index contributed by atoms with van der Waals surface area (Å²) in [5, 5.41) is 11.3. The van der Waals surface area contributed by atoms with Gasteiger partial charge in [-0.15, -0.1) is 5.10 Å². The predicted molar refractivity (Wildman–Crippen MR) is 67.7 cm³/mol. The van der Waals surface area contributed by atoms with Gasteiger partial charge in [-0.3, -0.25) is 0 Å². The van der Waals surface area contributed by atoms with Crippen molar-refractivity contribution in [2.45, 2.75) is 18.9 Å². The molecule has 1 aliphatic heterocycles. The number of nitrogens with zero attached hydrogens (tertiary/aromatic N) is 3. The number of piperidine rings is 1. The molecule has 0 atom stereocenters. The molecule has 6 nitrogen and oxygen atoms in total. The maximum atomic E-state index is 11.4. The highest BCUT2D eigenvalue weighted by atomic mass is 16.5. The number of hydrogen-bond acceptors (Lipinski definition) is 6. The summed E-state index contributed by atoms with van der Waals surface area (Å²) >= 11 is 0. The van der Waals surface area contributed by atoms with Crippen LogP contribution >= 0.6 is 0 Å². The van der Waals surface area contributed by atoms with E-state index in [1.807, 2.05) is 7.05 Å². The second-order valence-corrected chi connectivity index (χ2v) is 4.39. The van der Waals surface area contributed by atoms with E-state index in [1.165, 1.54) is 13.3 Å². The first kappa shape index (κ1) is 12.8. The largest absolute Gasteiger partial charge is 0.465 e. The molecule has 0 amide bonds. The molecule has 0 unspecified atom stereocenters. The summed E-state index contributed by atoms with van der Waals surface area (Å²) in [7, 11) is 3.35. The SMILES string of the molecule is COC(=O)c1cnnc(N(C)C2CCNCC2)c1. The van der Waals surface area contributed by atoms with E-state index in [0.29, 0.717) is 17.4 Å². The van der Waals surface area contributed by atoms with Crippen LogP contribution in [0.25, 0.3) is 0 Å². The molecule has 0 saturated carbocycles. The van der Waals surface area contributed by atoms with Crippen LogP contribution in [0.1, 0.15) is 23.2 Å². The summed E-state index contributed by atoms with van der Waals surface area (Å²) in [5.41, 5.74) is 0.434. The lowest BCUT2D eigenvalue weighted by Gasteiger charge is -2.32. The number of methoxy groups -OCH3 is 1. The molecule has 1 N–H and O–H groups in total. The summed E-state index contributed by atoms with van der Waals surface area (Å²) in [5.74, 6) is 0.328. The number of hydrogen-bond donors (Lipinski definition) is 1. The van der Waals surface area contributed by atoms with Gasteiger partial charge < -0.3 is 15.0 Å². The zero-order valence-electron chi connectivity index (χ0n) is 10.7. The number of carbonyl (C=O) groups excluding carboxylic acids is 1. The molecule has 1 aromatic heterocycles. The lowest BCUT2D eigenvalue weighted by Crippen LogP contribution is -2.41. The second-order valence-electron chi connectivity index (χ2n) is 4.39. The topological polar surface area (TPSA) is 67.3 Å². The van der Waals surface area contributed by atoms with Crippen molar-refractivity contribution in [3.63, 3.8) is 0 Å². The van der Waals surface area contributed by atoms with Crippen LogP contribution in [0.2, 0.25) is 0 Å². The summed E-state index contributed by atoms with van der Waals surface area (Å²) < 4.78 is 4.68. The van der Waals surface area contributed by atoms with Crippen molar-refractivity contribution in [3.8, 4) is 0 Å². The molecule has 1 aliphatic rings. The van der Waals surface area contributed by atoms with Crippen LogP contribution in [0.15, 0.2) is 12.3 Å². The highest BCUT2D eigenvalue weighted by Gasteiger charge is 2.20. The maximum Gasteiger partial charge on any atom is 0.339 e. The Balaban J connectivity index is 2.14. The Hall–Kier alpha value is -1.69. The molecule has 18 heavy (non-hydrogen) atoms. The quantitative estimate of drug-likeness (QED) is 0.786. The van der Waals surface area contributed by atoms with Gasteiger partial charge >= 0.3 is 5.97 Å². The van der Waals surface area contributed by atoms with Crippen molar-refractivity contribution in [1.82, 2.24) is 15.5 Å². The van der Waals surface area contributed by atoms with Gasteiger partial charge in [0, 0.05) is 13.1 Å². The maximum absolute atomic E-state index is 11.4. The Labute approximate surface area is 106 Å². The molecule has 98 valence electrons. The number of esters is 1. The molecule has 6 heteroatoms. The Bertz CT molecular complexity index is 418. The van der Waals surface area contributed by atoms with Gasteiger partial charge in [-0.05, 0) is 32.0 Å². The van der Waals surface area contributed by atoms with Gasteiger partial charge in [0.15, 0.2) is 5.82 Å². The number of aromatic nitrogens is 2. The van der Waals surface area contributed by atoms with Crippen LogP contribution in [0.3, 0.4) is 0 Å². The van der Waals surface area contributed by atoms with E-state index < -0.39 is 0 Å². The van der Waals surface area contributed by atoms with E-state index in [0.717, 1.165) is 25.9 Å². The van der Waals surface area contributed by atoms with Crippen molar-refractivity contribution in [2.24, 2.45) is 0 Å². The fraction of sp³-hybridized carbons (Fsp3) is 0.583. The molecule has 1 saturated heterocycles. The number of ether oxygens (including phenoxy) is 1. The van der Waals surface area contributed by atoms with E-state index in [9.17, 15) is 4.79 Å². The Kier molecular flexibility index (Phi) is 4.09. The number of rotatable bonds is 3. The molecular weight excluding hydrogens is 232 g/mol. The fourth-order valence-electron chi connectivity index (χ4n) is 2.14. The van der Waals surface area contributed by atoms with Crippen molar-refractivity contribution in [2.75, 3.05) is 32.1 Å². The lowest BCUT2D eigenvalue weighted by atomic mass is 10.1. The summed E-state index contributed by atoms with van der Waals surface area (Å²) in [6.45, 7) is 2.03. The average Bonchev–Trinajstić information content (AvgIpc) is 2.46. The zero-order valence-corrected chi connectivity index (χ0v) is 10.7. The van der Waals surface area contributed by atoms with Gasteiger partial charge in [0.1, 0.15) is 0 Å². The average molecular weight is 250 g/mol. The van der Waals surface area contributed by atoms with Crippen LogP contribution in [0.5, 0.6) is 0 Å². The lowest BCUT2D eigenvalue weighted by molar-refractivity contribution is 0.0600. The minimum absolute atomic E-state index is 0.384. The number of anilines is 1. The Morgan fingerprint density at radius 2 is 2.22 bits per heavy atom. The van der Waals surface area contributed by atoms with E-state index >= 15 is 0 Å². The van der Waals surface area contributed by atoms with Crippen LogP contribution in [-0.4, -0.2) is 49.5 Å². The Morgan fingerprint density at radius 3 is 2.89 bits per heavy atom. The van der Waals surface area contributed by atoms with E-state index in [1.54, 1.807) is 6.07 Å². The molecule has 0 bridgehead atoms. The van der Waals surface area contributed by atoms with Gasteiger partial charge in [-0.1, -0.05) is 0 Å². The minimum Gasteiger partial charge on any atom is -0.465 e. The van der Waals surface area contributed by atoms with Crippen LogP contribution in [0, 0.1) is 0 Å². The van der Waals surface area contributed by atoms with Crippen LogP contribution < -0.4 is 10.2 Å². The van der Waals surface area contributed by atoms with Crippen LogP contribution in [-0.2, 0) is 4.74 Å². The first-order chi connectivity index (χ1) is 8.72. The minimum atomic E-state index is -0.384. The highest BCUT2D eigenvalue weighted by molar-refractivity contribution is 5.89. The van der Waals surface area contributed by atoms with Gasteiger partial charge in [0.2, 0.25) is 0 Å². The van der Waals surface area contributed by atoms with Gasteiger partial charge in [-0.2, -0.15) is 5.10 Å². The molecule has 0 radical (unpaired) electrons. The first-order valence-corrected chi connectivity index (χ1v) is 6.07. The third kappa shape index (κ3) is 2.76. The van der Waals surface area contributed by atoms with E-state index in [2.05, 4.69) is 25.2 Å². The zero-order chi connectivity index (χ0) is 13.0. The summed E-state index contributed by atoms with van der Waals surface area (Å²) in [4.78, 5) is 13.5.